The molecule has 0 saturated heterocycles. The van der Waals surface area contributed by atoms with E-state index in [0.29, 0.717) is 0 Å². The first-order chi connectivity index (χ1) is 12.0. The molecule has 0 spiro atoms. The van der Waals surface area contributed by atoms with Crippen molar-refractivity contribution in [3.63, 3.8) is 0 Å². The Morgan fingerprint density at radius 2 is 1.04 bits per heavy atom. The first-order valence-electron chi connectivity index (χ1n) is 8.55. The van der Waals surface area contributed by atoms with Crippen molar-refractivity contribution < 1.29 is 4.43 Å². The van der Waals surface area contributed by atoms with E-state index in [-0.39, 0.29) is 3.65 Å². The Morgan fingerprint density at radius 3 is 1.44 bits per heavy atom. The minimum absolute atomic E-state index is 0.334. The van der Waals surface area contributed by atoms with Gasteiger partial charge in [0.15, 0.2) is 0 Å². The molecule has 0 saturated carbocycles. The number of rotatable bonds is 6. The summed E-state index contributed by atoms with van der Waals surface area (Å²) in [6.07, 6.45) is 0. The zero-order valence-corrected chi connectivity index (χ0v) is 18.3. The predicted octanol–water partition coefficient (Wildman–Crippen LogP) is 4.77. The molecule has 0 aliphatic carbocycles. The molecule has 25 heavy (non-hydrogen) atoms. The van der Waals surface area contributed by atoms with Crippen molar-refractivity contribution in [2.75, 3.05) is 0 Å². The summed E-state index contributed by atoms with van der Waals surface area (Å²) >= 11 is -0.666. The second-order valence-electron chi connectivity index (χ2n) is 6.98. The molecule has 0 radical (unpaired) electrons. The number of benzene rings is 3. The Bertz CT molecular complexity index is 743. The molecule has 128 valence electrons. The molecule has 3 aromatic rings. The molecule has 1 nitrogen and oxygen atoms in total. The van der Waals surface area contributed by atoms with Gasteiger partial charge in [0.25, 0.3) is 0 Å². The third-order valence-electron chi connectivity index (χ3n) is 3.76. The molecule has 0 bridgehead atoms. The van der Waals surface area contributed by atoms with Crippen molar-refractivity contribution in [3.8, 4) is 0 Å². The van der Waals surface area contributed by atoms with E-state index in [4.69, 9.17) is 4.43 Å². The summed E-state index contributed by atoms with van der Waals surface area (Å²) in [5.74, 6) is 0. The molecule has 0 atom stereocenters. The van der Waals surface area contributed by atoms with Crippen molar-refractivity contribution in [3.05, 3.63) is 102 Å². The molecule has 0 N–H and O–H groups in total. The second-order valence-corrected chi connectivity index (χ2v) is 15.0. The van der Waals surface area contributed by atoms with Crippen LogP contribution in [-0.4, -0.2) is 29.2 Å². The summed E-state index contributed by atoms with van der Waals surface area (Å²) in [5.41, 5.74) is 2.55. The molecule has 0 amide bonds. The third kappa shape index (κ3) is 4.62. The molecule has 0 aliphatic rings. The van der Waals surface area contributed by atoms with Gasteiger partial charge in [0.1, 0.15) is 0 Å². The zero-order valence-electron chi connectivity index (χ0n) is 15.0. The Morgan fingerprint density at radius 1 is 0.640 bits per heavy atom. The van der Waals surface area contributed by atoms with Gasteiger partial charge in [-0.2, -0.15) is 0 Å². The molecule has 3 aromatic carbocycles. The van der Waals surface area contributed by atoms with Crippen LogP contribution < -0.4 is 3.61 Å². The van der Waals surface area contributed by atoms with Crippen LogP contribution in [0, 0.1) is 0 Å². The Balaban J connectivity index is 2.19. The van der Waals surface area contributed by atoms with Crippen molar-refractivity contribution in [2.24, 2.45) is 0 Å². The average molecular weight is 460 g/mol. The molecule has 3 rings (SSSR count). The topological polar surface area (TPSA) is 9.23 Å². The van der Waals surface area contributed by atoms with Crippen LogP contribution in [0.3, 0.4) is 0 Å². The van der Waals surface area contributed by atoms with Gasteiger partial charge in [0.2, 0.25) is 0 Å². The number of hydrogen-bond donors (Lipinski definition) is 0. The Hall–Kier alpha value is -1.37. The monoisotopic (exact) mass is 462 g/mol. The fraction of sp³-hybridized carbons (Fsp3) is 0.182. The van der Waals surface area contributed by atoms with Crippen molar-refractivity contribution in [1.82, 2.24) is 0 Å². The van der Waals surface area contributed by atoms with Crippen LogP contribution in [0.5, 0.6) is 0 Å². The summed E-state index contributed by atoms with van der Waals surface area (Å²) in [7, 11) is -1.78. The third-order valence-corrected chi connectivity index (χ3v) is 8.99. The van der Waals surface area contributed by atoms with E-state index in [9.17, 15) is 0 Å². The van der Waals surface area contributed by atoms with E-state index in [1.165, 1.54) is 14.7 Å². The van der Waals surface area contributed by atoms with Crippen LogP contribution in [0.2, 0.25) is 19.6 Å². The fourth-order valence-corrected chi connectivity index (χ4v) is 9.69. The van der Waals surface area contributed by atoms with Crippen molar-refractivity contribution in [2.45, 2.75) is 23.3 Å². The average Bonchev–Trinajstić information content (AvgIpc) is 2.62. The second kappa shape index (κ2) is 7.89. The summed E-state index contributed by atoms with van der Waals surface area (Å²) in [6, 6.07) is 32.4. The van der Waals surface area contributed by atoms with Gasteiger partial charge in [-0.25, -0.2) is 0 Å². The van der Waals surface area contributed by atoms with Crippen LogP contribution in [0.1, 0.15) is 11.1 Å². The fourth-order valence-electron chi connectivity index (χ4n) is 2.82. The maximum absolute atomic E-state index is 7.00. The molecule has 0 fully saturated rings. The van der Waals surface area contributed by atoms with Gasteiger partial charge in [0.05, 0.1) is 0 Å². The summed E-state index contributed by atoms with van der Waals surface area (Å²) in [6.45, 7) is 6.85. The Kier molecular flexibility index (Phi) is 5.81. The van der Waals surface area contributed by atoms with Crippen LogP contribution >= 0.6 is 0 Å². The van der Waals surface area contributed by atoms with Crippen LogP contribution in [0.4, 0.5) is 0 Å². The number of hydrogen-bond acceptors (Lipinski definition) is 1. The van der Waals surface area contributed by atoms with E-state index >= 15 is 0 Å². The summed E-state index contributed by atoms with van der Waals surface area (Å²) < 4.78 is 8.08. The quantitative estimate of drug-likeness (QED) is 0.482. The van der Waals surface area contributed by atoms with E-state index in [0.717, 1.165) is 0 Å². The van der Waals surface area contributed by atoms with E-state index in [2.05, 4.69) is 111 Å². The SMILES string of the molecule is C[Si](C)(C)OC([Te]c1ccccc1)(c1ccccc1)c1ccccc1. The van der Waals surface area contributed by atoms with Gasteiger partial charge in [-0.3, -0.25) is 0 Å². The van der Waals surface area contributed by atoms with Crippen molar-refractivity contribution >= 4 is 32.9 Å². The van der Waals surface area contributed by atoms with E-state index in [1.54, 1.807) is 0 Å². The molecule has 0 heterocycles. The van der Waals surface area contributed by atoms with Crippen LogP contribution in [0.25, 0.3) is 0 Å². The summed E-state index contributed by atoms with van der Waals surface area (Å²) in [5, 5.41) is 0. The van der Waals surface area contributed by atoms with Crippen LogP contribution in [0.15, 0.2) is 91.0 Å². The molecule has 0 aliphatic heterocycles. The van der Waals surface area contributed by atoms with Crippen LogP contribution in [-0.2, 0) is 8.07 Å². The normalized spacial score (nSPS) is 12.1. The van der Waals surface area contributed by atoms with Gasteiger partial charge in [0, 0.05) is 0 Å². The zero-order chi connectivity index (χ0) is 17.8. The molecule has 3 heteroatoms. The first-order valence-corrected chi connectivity index (χ1v) is 14.3. The van der Waals surface area contributed by atoms with E-state index in [1.807, 2.05) is 0 Å². The molecule has 0 unspecified atom stereocenters. The van der Waals surface area contributed by atoms with Gasteiger partial charge in [-0.1, -0.05) is 0 Å². The van der Waals surface area contributed by atoms with E-state index < -0.39 is 29.2 Å². The van der Waals surface area contributed by atoms with Gasteiger partial charge >= 0.3 is 163 Å². The molecule has 0 aromatic heterocycles. The Labute approximate surface area is 162 Å². The maximum atomic E-state index is 7.00. The van der Waals surface area contributed by atoms with Gasteiger partial charge in [-0.05, 0) is 0 Å². The molecular weight excluding hydrogens is 436 g/mol. The summed E-state index contributed by atoms with van der Waals surface area (Å²) in [4.78, 5) is 0. The minimum atomic E-state index is -1.78. The van der Waals surface area contributed by atoms with Gasteiger partial charge in [-0.15, -0.1) is 0 Å². The standard InChI is InChI=1S/C22H24OSiTe/c1-24(2,3)23-22(19-13-7-4-8-14-19,20-15-9-5-10-16-20)25-21-17-11-6-12-18-21/h4-18H,1-3H3. The predicted molar refractivity (Wildman–Crippen MR) is 110 cm³/mol. The molecular formula is C22H24OSiTe. The van der Waals surface area contributed by atoms with Gasteiger partial charge < -0.3 is 0 Å². The first kappa shape index (κ1) is 18.4. The van der Waals surface area contributed by atoms with Crippen molar-refractivity contribution in [1.29, 1.82) is 0 Å².